The fourth-order valence-electron chi connectivity index (χ4n) is 0.785. The molecular formula is C9H11FO3. The minimum absolute atomic E-state index is 0.0972. The van der Waals surface area contributed by atoms with E-state index in [1.54, 1.807) is 12.1 Å². The molecule has 1 rings (SSSR count). The summed E-state index contributed by atoms with van der Waals surface area (Å²) in [4.78, 5) is 8.56. The third-order valence-corrected chi connectivity index (χ3v) is 1.34. The Kier molecular flexibility index (Phi) is 5.27. The van der Waals surface area contributed by atoms with E-state index in [4.69, 9.17) is 15.0 Å². The SMILES string of the molecule is CCc1ccccc1F.O=C(O)O. The maximum atomic E-state index is 12.6. The molecule has 4 heteroatoms. The molecule has 0 saturated heterocycles. The van der Waals surface area contributed by atoms with Gasteiger partial charge >= 0.3 is 6.16 Å². The zero-order valence-corrected chi connectivity index (χ0v) is 7.20. The Bertz CT molecular complexity index is 269. The highest BCUT2D eigenvalue weighted by atomic mass is 19.1. The summed E-state index contributed by atoms with van der Waals surface area (Å²) in [6, 6.07) is 6.84. The summed E-state index contributed by atoms with van der Waals surface area (Å²) < 4.78 is 12.6. The number of hydrogen-bond acceptors (Lipinski definition) is 1. The first-order valence-electron chi connectivity index (χ1n) is 3.73. The normalized spacial score (nSPS) is 8.46. The van der Waals surface area contributed by atoms with E-state index in [2.05, 4.69) is 0 Å². The Morgan fingerprint density at radius 3 is 2.15 bits per heavy atom. The van der Waals surface area contributed by atoms with Crippen LogP contribution in [0.2, 0.25) is 0 Å². The van der Waals surface area contributed by atoms with Gasteiger partial charge in [-0.25, -0.2) is 9.18 Å². The summed E-state index contributed by atoms with van der Waals surface area (Å²) in [7, 11) is 0. The van der Waals surface area contributed by atoms with Gasteiger partial charge in [-0.3, -0.25) is 0 Å². The van der Waals surface area contributed by atoms with Gasteiger partial charge in [-0.1, -0.05) is 25.1 Å². The van der Waals surface area contributed by atoms with Gasteiger partial charge in [-0.05, 0) is 18.1 Å². The summed E-state index contributed by atoms with van der Waals surface area (Å²) in [5, 5.41) is 13.9. The van der Waals surface area contributed by atoms with Gasteiger partial charge in [0.25, 0.3) is 0 Å². The molecule has 0 unspecified atom stereocenters. The van der Waals surface area contributed by atoms with E-state index in [1.807, 2.05) is 13.0 Å². The maximum absolute atomic E-state index is 12.6. The van der Waals surface area contributed by atoms with Crippen LogP contribution in [0.25, 0.3) is 0 Å². The molecule has 0 spiro atoms. The van der Waals surface area contributed by atoms with Crippen molar-refractivity contribution >= 4 is 6.16 Å². The van der Waals surface area contributed by atoms with Crippen LogP contribution in [0.1, 0.15) is 12.5 Å². The molecule has 0 heterocycles. The number of carboxylic acid groups (broad SMARTS) is 2. The molecule has 2 N–H and O–H groups in total. The highest BCUT2D eigenvalue weighted by Gasteiger charge is 1.93. The van der Waals surface area contributed by atoms with Crippen molar-refractivity contribution in [3.05, 3.63) is 35.6 Å². The molecule has 0 bridgehead atoms. The van der Waals surface area contributed by atoms with Gasteiger partial charge in [-0.2, -0.15) is 0 Å². The summed E-state index contributed by atoms with van der Waals surface area (Å²) in [6.45, 7) is 1.94. The zero-order chi connectivity index (χ0) is 10.3. The summed E-state index contributed by atoms with van der Waals surface area (Å²) >= 11 is 0. The Labute approximate surface area is 75.4 Å². The Hall–Kier alpha value is -1.58. The maximum Gasteiger partial charge on any atom is 0.503 e. The fourth-order valence-corrected chi connectivity index (χ4v) is 0.785. The molecule has 0 aliphatic heterocycles. The van der Waals surface area contributed by atoms with Crippen LogP contribution in [0.5, 0.6) is 0 Å². The van der Waals surface area contributed by atoms with Crippen LogP contribution in [0.4, 0.5) is 9.18 Å². The van der Waals surface area contributed by atoms with Crippen LogP contribution in [-0.4, -0.2) is 16.4 Å². The predicted octanol–water partition coefficient (Wildman–Crippen LogP) is 2.61. The zero-order valence-electron chi connectivity index (χ0n) is 7.20. The molecule has 3 nitrogen and oxygen atoms in total. The number of rotatable bonds is 1. The second-order valence-electron chi connectivity index (χ2n) is 2.23. The van der Waals surface area contributed by atoms with Crippen molar-refractivity contribution in [1.82, 2.24) is 0 Å². The van der Waals surface area contributed by atoms with E-state index in [0.717, 1.165) is 12.0 Å². The van der Waals surface area contributed by atoms with E-state index < -0.39 is 6.16 Å². The van der Waals surface area contributed by atoms with Crippen molar-refractivity contribution in [3.63, 3.8) is 0 Å². The number of aryl methyl sites for hydroxylation is 1. The van der Waals surface area contributed by atoms with Crippen molar-refractivity contribution in [1.29, 1.82) is 0 Å². The van der Waals surface area contributed by atoms with Gasteiger partial charge in [0.15, 0.2) is 0 Å². The lowest BCUT2D eigenvalue weighted by Crippen LogP contribution is -1.83. The number of hydrogen-bond donors (Lipinski definition) is 2. The van der Waals surface area contributed by atoms with Gasteiger partial charge in [0.05, 0.1) is 0 Å². The molecule has 0 aliphatic rings. The minimum atomic E-state index is -1.83. The van der Waals surface area contributed by atoms with E-state index in [0.29, 0.717) is 0 Å². The molecule has 1 aromatic rings. The van der Waals surface area contributed by atoms with Crippen LogP contribution in [0.3, 0.4) is 0 Å². The highest BCUT2D eigenvalue weighted by molar-refractivity contribution is 5.53. The van der Waals surface area contributed by atoms with Crippen LogP contribution in [-0.2, 0) is 6.42 Å². The molecule has 1 aromatic carbocycles. The summed E-state index contributed by atoms with van der Waals surface area (Å²) in [6.07, 6.45) is -1.06. The molecule has 0 radical (unpaired) electrons. The first-order valence-corrected chi connectivity index (χ1v) is 3.73. The molecule has 0 aliphatic carbocycles. The van der Waals surface area contributed by atoms with E-state index >= 15 is 0 Å². The fraction of sp³-hybridized carbons (Fsp3) is 0.222. The van der Waals surface area contributed by atoms with Crippen LogP contribution in [0, 0.1) is 5.82 Å². The lowest BCUT2D eigenvalue weighted by molar-refractivity contribution is 0.137. The monoisotopic (exact) mass is 186 g/mol. The number of halogens is 1. The van der Waals surface area contributed by atoms with Crippen molar-refractivity contribution in [2.75, 3.05) is 0 Å². The van der Waals surface area contributed by atoms with Gasteiger partial charge in [0.1, 0.15) is 5.82 Å². The van der Waals surface area contributed by atoms with Crippen molar-refractivity contribution in [3.8, 4) is 0 Å². The third kappa shape index (κ3) is 5.66. The first kappa shape index (κ1) is 11.4. The molecule has 0 atom stereocenters. The second-order valence-corrected chi connectivity index (χ2v) is 2.23. The van der Waals surface area contributed by atoms with Gasteiger partial charge in [0.2, 0.25) is 0 Å². The van der Waals surface area contributed by atoms with Gasteiger partial charge < -0.3 is 10.2 Å². The lowest BCUT2D eigenvalue weighted by atomic mass is 10.2. The molecule has 13 heavy (non-hydrogen) atoms. The number of carbonyl (C=O) groups is 1. The Balaban J connectivity index is 0.000000310. The molecule has 0 aromatic heterocycles. The Morgan fingerprint density at radius 2 is 1.85 bits per heavy atom. The van der Waals surface area contributed by atoms with Crippen molar-refractivity contribution in [2.45, 2.75) is 13.3 Å². The third-order valence-electron chi connectivity index (χ3n) is 1.34. The van der Waals surface area contributed by atoms with Crippen LogP contribution < -0.4 is 0 Å². The standard InChI is InChI=1S/C8H9F.CH2O3/c1-2-7-5-3-4-6-8(7)9;2-1(3)4/h3-6H,2H2,1H3;(H2,2,3,4). The quantitative estimate of drug-likeness (QED) is 0.708. The van der Waals surface area contributed by atoms with Crippen molar-refractivity contribution < 1.29 is 19.4 Å². The highest BCUT2D eigenvalue weighted by Crippen LogP contribution is 2.05. The summed E-state index contributed by atoms with van der Waals surface area (Å²) in [5.74, 6) is -0.0972. The lowest BCUT2D eigenvalue weighted by Gasteiger charge is -1.94. The molecule has 0 amide bonds. The second kappa shape index (κ2) is 5.99. The summed E-state index contributed by atoms with van der Waals surface area (Å²) in [5.41, 5.74) is 0.789. The van der Waals surface area contributed by atoms with Crippen molar-refractivity contribution in [2.24, 2.45) is 0 Å². The van der Waals surface area contributed by atoms with Crippen LogP contribution in [0.15, 0.2) is 24.3 Å². The first-order chi connectivity index (χ1) is 6.07. The van der Waals surface area contributed by atoms with E-state index in [-0.39, 0.29) is 5.82 Å². The molecule has 0 saturated carbocycles. The predicted molar refractivity (Wildman–Crippen MR) is 46.4 cm³/mol. The number of benzene rings is 1. The average molecular weight is 186 g/mol. The minimum Gasteiger partial charge on any atom is -0.450 e. The molecule has 72 valence electrons. The topological polar surface area (TPSA) is 57.5 Å². The molecular weight excluding hydrogens is 175 g/mol. The van der Waals surface area contributed by atoms with Crippen LogP contribution >= 0.6 is 0 Å². The van der Waals surface area contributed by atoms with E-state index in [1.165, 1.54) is 6.07 Å². The van der Waals surface area contributed by atoms with Gasteiger partial charge in [-0.15, -0.1) is 0 Å². The smallest absolute Gasteiger partial charge is 0.450 e. The average Bonchev–Trinajstić information content (AvgIpc) is 2.04. The largest absolute Gasteiger partial charge is 0.503 e. The van der Waals surface area contributed by atoms with E-state index in [9.17, 15) is 4.39 Å². The Morgan fingerprint density at radius 1 is 1.38 bits per heavy atom. The van der Waals surface area contributed by atoms with Gasteiger partial charge in [0, 0.05) is 0 Å². The molecule has 0 fully saturated rings.